The number of hydrogen-bond donors (Lipinski definition) is 1. The second-order valence-corrected chi connectivity index (χ2v) is 18.4. The van der Waals surface area contributed by atoms with Crippen molar-refractivity contribution < 1.29 is 5.11 Å². The lowest BCUT2D eigenvalue weighted by Gasteiger charge is -2.22. The Balaban J connectivity index is 1.41. The summed E-state index contributed by atoms with van der Waals surface area (Å²) in [6.45, 7) is 20.1. The summed E-state index contributed by atoms with van der Waals surface area (Å²) in [5, 5.41) is 12.2. The van der Waals surface area contributed by atoms with Gasteiger partial charge in [0, 0.05) is 23.0 Å². The van der Waals surface area contributed by atoms with Crippen molar-refractivity contribution in [3.05, 3.63) is 168 Å². The van der Waals surface area contributed by atoms with Crippen molar-refractivity contribution in [1.29, 1.82) is 0 Å². The van der Waals surface area contributed by atoms with E-state index in [1.165, 1.54) is 27.8 Å². The van der Waals surface area contributed by atoms with E-state index in [0.29, 0.717) is 5.92 Å². The molecule has 0 aliphatic carbocycles. The summed E-state index contributed by atoms with van der Waals surface area (Å²) in [4.78, 5) is 10.5. The summed E-state index contributed by atoms with van der Waals surface area (Å²) in [6.07, 6.45) is 2.84. The summed E-state index contributed by atoms with van der Waals surface area (Å²) in [5.41, 5.74) is 17.0. The Labute approximate surface area is 356 Å². The Morgan fingerprint density at radius 3 is 1.95 bits per heavy atom. The highest BCUT2D eigenvalue weighted by Gasteiger charge is 2.25. The minimum atomic E-state index is -0.121. The fraction of sp³-hybridized carbons (Fsp3) is 0.250. The van der Waals surface area contributed by atoms with E-state index in [1.54, 1.807) is 0 Å². The van der Waals surface area contributed by atoms with Crippen LogP contribution in [0.25, 0.3) is 72.7 Å². The molecule has 0 amide bonds. The number of rotatable bonds is 10. The molecule has 0 fully saturated rings. The van der Waals surface area contributed by atoms with Crippen molar-refractivity contribution in [1.82, 2.24) is 14.5 Å². The van der Waals surface area contributed by atoms with E-state index in [9.17, 15) is 5.11 Å². The van der Waals surface area contributed by atoms with E-state index in [4.69, 9.17) is 9.97 Å². The van der Waals surface area contributed by atoms with Crippen LogP contribution in [0.1, 0.15) is 96.4 Å². The van der Waals surface area contributed by atoms with Gasteiger partial charge in [-0.25, -0.2) is 4.98 Å². The molecular formula is C56H57N3O. The van der Waals surface area contributed by atoms with Crippen molar-refractivity contribution in [2.45, 2.75) is 86.0 Å². The van der Waals surface area contributed by atoms with E-state index in [-0.39, 0.29) is 23.0 Å². The molecule has 4 nitrogen and oxygen atoms in total. The number of para-hydroxylation sites is 1. The van der Waals surface area contributed by atoms with Crippen LogP contribution < -0.4 is 0 Å². The molecule has 0 atom stereocenters. The Bertz CT molecular complexity index is 2800. The number of aromatic hydroxyl groups is 1. The van der Waals surface area contributed by atoms with Crippen LogP contribution >= 0.6 is 0 Å². The highest BCUT2D eigenvalue weighted by atomic mass is 16.3. The van der Waals surface area contributed by atoms with Gasteiger partial charge in [0.25, 0.3) is 0 Å². The molecule has 2 heterocycles. The lowest BCUT2D eigenvalue weighted by molar-refractivity contribution is 0.466. The molecule has 8 rings (SSSR count). The summed E-state index contributed by atoms with van der Waals surface area (Å²) < 4.78 is 2.28. The van der Waals surface area contributed by atoms with E-state index < -0.39 is 0 Å². The van der Waals surface area contributed by atoms with Gasteiger partial charge in [0.15, 0.2) is 0 Å². The lowest BCUT2D eigenvalue weighted by Crippen LogP contribution is -2.11. The minimum absolute atomic E-state index is 0.121. The van der Waals surface area contributed by atoms with Crippen LogP contribution in [0.15, 0.2) is 146 Å². The summed E-state index contributed by atoms with van der Waals surface area (Å²) >= 11 is 0. The number of hydrogen-bond acceptors (Lipinski definition) is 3. The van der Waals surface area contributed by atoms with Crippen molar-refractivity contribution >= 4 is 11.0 Å². The molecule has 0 aliphatic rings. The zero-order valence-corrected chi connectivity index (χ0v) is 36.6. The van der Waals surface area contributed by atoms with Gasteiger partial charge in [-0.2, -0.15) is 0 Å². The van der Waals surface area contributed by atoms with Crippen molar-refractivity contribution in [2.75, 3.05) is 0 Å². The molecule has 0 unspecified atom stereocenters. The van der Waals surface area contributed by atoms with E-state index in [2.05, 4.69) is 200 Å². The van der Waals surface area contributed by atoms with Gasteiger partial charge in [0.05, 0.1) is 22.3 Å². The average molecular weight is 788 g/mol. The molecule has 1 N–H and O–H groups in total. The first-order valence-electron chi connectivity index (χ1n) is 21.5. The second-order valence-electron chi connectivity index (χ2n) is 18.4. The third kappa shape index (κ3) is 8.04. The summed E-state index contributed by atoms with van der Waals surface area (Å²) in [7, 11) is 0. The van der Waals surface area contributed by atoms with Crippen LogP contribution in [-0.2, 0) is 11.8 Å². The lowest BCUT2D eigenvalue weighted by atomic mass is 9.83. The second kappa shape index (κ2) is 16.4. The number of fused-ring (bicyclic) bond motifs is 1. The molecule has 60 heavy (non-hydrogen) atoms. The highest BCUT2D eigenvalue weighted by Crippen LogP contribution is 2.44. The first-order valence-corrected chi connectivity index (χ1v) is 21.5. The standard InChI is InChI=1S/C56H57N3O/c1-35(2)27-42-31-46(23-24-47(42)39-19-14-11-15-20-39)59-52-22-16-21-48(53(52)58-55(59)50-33-41(36(3)4)32-49(37(5)6)54(50)60)43-28-44(30-45(29-43)56(7,8)9)51-34-40(25-26-57-51)38-17-12-10-13-18-38/h10-26,28-37,60H,27H2,1-9H3. The Hall–Kier alpha value is -6.26. The molecule has 8 aromatic rings. The number of pyridine rings is 1. The number of benzene rings is 6. The third-order valence-corrected chi connectivity index (χ3v) is 11.7. The average Bonchev–Trinajstić information content (AvgIpc) is 3.63. The van der Waals surface area contributed by atoms with Crippen molar-refractivity contribution in [3.63, 3.8) is 0 Å². The van der Waals surface area contributed by atoms with E-state index in [0.717, 1.165) is 73.6 Å². The smallest absolute Gasteiger partial charge is 0.149 e. The molecule has 0 radical (unpaired) electrons. The molecule has 302 valence electrons. The Morgan fingerprint density at radius 2 is 1.28 bits per heavy atom. The number of imidazole rings is 1. The van der Waals surface area contributed by atoms with Crippen LogP contribution in [0.5, 0.6) is 5.75 Å². The number of phenolic OH excluding ortho intramolecular Hbond substituents is 1. The fourth-order valence-electron chi connectivity index (χ4n) is 8.39. The molecule has 2 aromatic heterocycles. The zero-order chi connectivity index (χ0) is 42.3. The topological polar surface area (TPSA) is 50.9 Å². The van der Waals surface area contributed by atoms with Crippen LogP contribution in [-0.4, -0.2) is 19.6 Å². The first kappa shape index (κ1) is 40.5. The van der Waals surface area contributed by atoms with Crippen molar-refractivity contribution in [2.24, 2.45) is 5.92 Å². The minimum Gasteiger partial charge on any atom is -0.507 e. The van der Waals surface area contributed by atoms with Crippen LogP contribution in [0, 0.1) is 5.92 Å². The summed E-state index contributed by atoms with van der Waals surface area (Å²) in [6, 6.07) is 50.0. The third-order valence-electron chi connectivity index (χ3n) is 11.7. The maximum absolute atomic E-state index is 12.2. The molecule has 0 saturated heterocycles. The van der Waals surface area contributed by atoms with E-state index >= 15 is 0 Å². The maximum Gasteiger partial charge on any atom is 0.149 e. The maximum atomic E-state index is 12.2. The molecule has 0 aliphatic heterocycles. The predicted octanol–water partition coefficient (Wildman–Crippen LogP) is 15.2. The molecule has 0 saturated carbocycles. The first-order chi connectivity index (χ1) is 28.8. The van der Waals surface area contributed by atoms with Gasteiger partial charge in [0.2, 0.25) is 0 Å². The zero-order valence-electron chi connectivity index (χ0n) is 36.6. The fourth-order valence-corrected chi connectivity index (χ4v) is 8.39. The normalized spacial score (nSPS) is 12.0. The van der Waals surface area contributed by atoms with Crippen LogP contribution in [0.2, 0.25) is 0 Å². The monoisotopic (exact) mass is 787 g/mol. The van der Waals surface area contributed by atoms with Crippen LogP contribution in [0.4, 0.5) is 0 Å². The molecule has 6 aromatic carbocycles. The largest absolute Gasteiger partial charge is 0.507 e. The van der Waals surface area contributed by atoms with Gasteiger partial charge < -0.3 is 5.11 Å². The highest BCUT2D eigenvalue weighted by molar-refractivity contribution is 5.97. The van der Waals surface area contributed by atoms with Crippen LogP contribution in [0.3, 0.4) is 0 Å². The predicted molar refractivity (Wildman–Crippen MR) is 253 cm³/mol. The SMILES string of the molecule is CC(C)Cc1cc(-n2c(-c3cc(C(C)C)cc(C(C)C)c3O)nc3c(-c4cc(-c5cc(-c6ccccc6)ccn5)cc(C(C)(C)C)c4)cccc32)ccc1-c1ccccc1. The van der Waals surface area contributed by atoms with Gasteiger partial charge >= 0.3 is 0 Å². The van der Waals surface area contributed by atoms with Gasteiger partial charge in [-0.15, -0.1) is 0 Å². The van der Waals surface area contributed by atoms with Gasteiger partial charge in [-0.1, -0.05) is 153 Å². The quantitative estimate of drug-likeness (QED) is 0.150. The summed E-state index contributed by atoms with van der Waals surface area (Å²) in [5.74, 6) is 1.88. The number of aromatic nitrogens is 3. The van der Waals surface area contributed by atoms with Gasteiger partial charge in [0.1, 0.15) is 11.6 Å². The number of nitrogens with zero attached hydrogens (tertiary/aromatic N) is 3. The Kier molecular flexibility index (Phi) is 11.1. The van der Waals surface area contributed by atoms with E-state index in [1.807, 2.05) is 12.3 Å². The van der Waals surface area contributed by atoms with Gasteiger partial charge in [-0.3, -0.25) is 9.55 Å². The Morgan fingerprint density at radius 1 is 0.583 bits per heavy atom. The molecule has 0 bridgehead atoms. The molecule has 4 heteroatoms. The molecular weight excluding hydrogens is 731 g/mol. The van der Waals surface area contributed by atoms with Crippen molar-refractivity contribution in [3.8, 4) is 67.5 Å². The molecule has 0 spiro atoms. The van der Waals surface area contributed by atoms with Gasteiger partial charge in [-0.05, 0) is 128 Å². The number of phenols is 1.